The lowest BCUT2D eigenvalue weighted by molar-refractivity contribution is 0.0885. The van der Waals surface area contributed by atoms with Gasteiger partial charge in [0, 0.05) is 30.7 Å². The molecule has 0 aromatic carbocycles. The molecule has 1 N–H and O–H groups in total. The Morgan fingerprint density at radius 2 is 2.12 bits per heavy atom. The maximum Gasteiger partial charge on any atom is 0.253 e. The minimum atomic E-state index is -0.0523. The number of carbonyl (C=O) groups excluding carboxylic acids is 1. The molecular formula is C19H27N3O2. The molecule has 2 aromatic rings. The lowest BCUT2D eigenvalue weighted by atomic mass is 10.2. The molecule has 0 fully saturated rings. The summed E-state index contributed by atoms with van der Waals surface area (Å²) >= 11 is 0. The second kappa shape index (κ2) is 8.64. The molecule has 5 heteroatoms. The molecule has 2 rings (SSSR count). The maximum absolute atomic E-state index is 12.4. The van der Waals surface area contributed by atoms with Gasteiger partial charge >= 0.3 is 0 Å². The van der Waals surface area contributed by atoms with Crippen molar-refractivity contribution in [1.29, 1.82) is 0 Å². The summed E-state index contributed by atoms with van der Waals surface area (Å²) in [7, 11) is 0. The lowest BCUT2D eigenvalue weighted by Gasteiger charge is -2.10. The van der Waals surface area contributed by atoms with Gasteiger partial charge in [-0.25, -0.2) is 0 Å². The summed E-state index contributed by atoms with van der Waals surface area (Å²) in [5.74, 6) is 0.453. The van der Waals surface area contributed by atoms with Crippen LogP contribution in [0, 0.1) is 19.8 Å². The van der Waals surface area contributed by atoms with E-state index in [1.807, 2.05) is 38.1 Å². The zero-order valence-electron chi connectivity index (χ0n) is 15.0. The van der Waals surface area contributed by atoms with E-state index in [0.29, 0.717) is 37.8 Å². The van der Waals surface area contributed by atoms with E-state index in [9.17, 15) is 4.79 Å². The fourth-order valence-corrected chi connectivity index (χ4v) is 2.58. The third kappa shape index (κ3) is 4.93. The number of nitrogens with zero attached hydrogens (tertiary/aromatic N) is 2. The number of pyridine rings is 1. The van der Waals surface area contributed by atoms with Crippen LogP contribution in [-0.4, -0.2) is 35.2 Å². The first kappa shape index (κ1) is 18.2. The average molecular weight is 329 g/mol. The van der Waals surface area contributed by atoms with E-state index >= 15 is 0 Å². The van der Waals surface area contributed by atoms with Crippen molar-refractivity contribution < 1.29 is 9.53 Å². The van der Waals surface area contributed by atoms with E-state index in [1.165, 1.54) is 0 Å². The SMILES string of the molecule is Cc1cc(C(=O)NCCOCC(C)C)c(C)n1Cc1ccccn1. The molecule has 0 spiro atoms. The molecule has 130 valence electrons. The van der Waals surface area contributed by atoms with Gasteiger partial charge in [-0.2, -0.15) is 0 Å². The normalized spacial score (nSPS) is 11.0. The zero-order valence-corrected chi connectivity index (χ0v) is 15.0. The second-order valence-corrected chi connectivity index (χ2v) is 6.42. The standard InChI is InChI=1S/C19H27N3O2/c1-14(2)13-24-10-9-21-19(23)18-11-15(3)22(16(18)4)12-17-7-5-6-8-20-17/h5-8,11,14H,9-10,12-13H2,1-4H3,(H,21,23). The van der Waals surface area contributed by atoms with Crippen LogP contribution in [0.1, 0.15) is 41.3 Å². The quantitative estimate of drug-likeness (QED) is 0.758. The molecule has 5 nitrogen and oxygen atoms in total. The van der Waals surface area contributed by atoms with Crippen LogP contribution in [-0.2, 0) is 11.3 Å². The molecule has 24 heavy (non-hydrogen) atoms. The first-order chi connectivity index (χ1) is 11.5. The number of nitrogens with one attached hydrogen (secondary N) is 1. The van der Waals surface area contributed by atoms with Crippen molar-refractivity contribution in [2.75, 3.05) is 19.8 Å². The number of carbonyl (C=O) groups is 1. The summed E-state index contributed by atoms with van der Waals surface area (Å²) in [5.41, 5.74) is 3.71. The van der Waals surface area contributed by atoms with Gasteiger partial charge in [-0.15, -0.1) is 0 Å². The number of aromatic nitrogens is 2. The van der Waals surface area contributed by atoms with Gasteiger partial charge < -0.3 is 14.6 Å². The Bertz CT molecular complexity index is 663. The Hall–Kier alpha value is -2.14. The molecule has 0 radical (unpaired) electrons. The predicted octanol–water partition coefficient (Wildman–Crippen LogP) is 2.95. The van der Waals surface area contributed by atoms with Gasteiger partial charge in [-0.1, -0.05) is 19.9 Å². The highest BCUT2D eigenvalue weighted by Crippen LogP contribution is 2.16. The molecule has 0 saturated heterocycles. The van der Waals surface area contributed by atoms with E-state index in [4.69, 9.17) is 4.74 Å². The van der Waals surface area contributed by atoms with Gasteiger partial charge in [0.05, 0.1) is 24.4 Å². The molecule has 1 amide bonds. The van der Waals surface area contributed by atoms with E-state index in [1.54, 1.807) is 6.20 Å². The summed E-state index contributed by atoms with van der Waals surface area (Å²) < 4.78 is 7.61. The second-order valence-electron chi connectivity index (χ2n) is 6.42. The van der Waals surface area contributed by atoms with Gasteiger partial charge in [-0.05, 0) is 38.0 Å². The smallest absolute Gasteiger partial charge is 0.253 e. The fraction of sp³-hybridized carbons (Fsp3) is 0.474. The lowest BCUT2D eigenvalue weighted by Crippen LogP contribution is -2.28. The summed E-state index contributed by atoms with van der Waals surface area (Å²) in [6.07, 6.45) is 1.79. The Morgan fingerprint density at radius 1 is 1.33 bits per heavy atom. The number of amides is 1. The molecule has 2 heterocycles. The van der Waals surface area contributed by atoms with E-state index in [0.717, 1.165) is 17.1 Å². The van der Waals surface area contributed by atoms with Gasteiger partial charge in [0.25, 0.3) is 5.91 Å². The summed E-state index contributed by atoms with van der Waals surface area (Å²) in [6.45, 7) is 10.6. The molecule has 0 bridgehead atoms. The number of aryl methyl sites for hydroxylation is 1. The Labute approximate surface area is 144 Å². The Balaban J connectivity index is 1.96. The van der Waals surface area contributed by atoms with Gasteiger partial charge in [0.15, 0.2) is 0 Å². The minimum Gasteiger partial charge on any atom is -0.379 e. The van der Waals surface area contributed by atoms with Crippen LogP contribution in [0.2, 0.25) is 0 Å². The highest BCUT2D eigenvalue weighted by atomic mass is 16.5. The van der Waals surface area contributed by atoms with Crippen LogP contribution >= 0.6 is 0 Å². The van der Waals surface area contributed by atoms with Crippen LogP contribution in [0.5, 0.6) is 0 Å². The van der Waals surface area contributed by atoms with Crippen molar-refractivity contribution in [3.63, 3.8) is 0 Å². The zero-order chi connectivity index (χ0) is 17.5. The van der Waals surface area contributed by atoms with Crippen LogP contribution < -0.4 is 5.32 Å². The van der Waals surface area contributed by atoms with E-state index < -0.39 is 0 Å². The van der Waals surface area contributed by atoms with Crippen molar-refractivity contribution in [2.45, 2.75) is 34.2 Å². The summed E-state index contributed by atoms with van der Waals surface area (Å²) in [4.78, 5) is 16.7. The fourth-order valence-electron chi connectivity index (χ4n) is 2.58. The maximum atomic E-state index is 12.4. The topological polar surface area (TPSA) is 56.1 Å². The average Bonchev–Trinajstić information content (AvgIpc) is 2.83. The van der Waals surface area contributed by atoms with Crippen LogP contribution in [0.4, 0.5) is 0 Å². The van der Waals surface area contributed by atoms with Crippen molar-refractivity contribution in [1.82, 2.24) is 14.9 Å². The Kier molecular flexibility index (Phi) is 6.55. The molecule has 0 atom stereocenters. The Morgan fingerprint density at radius 3 is 2.79 bits per heavy atom. The van der Waals surface area contributed by atoms with Crippen LogP contribution in [0.3, 0.4) is 0 Å². The highest BCUT2D eigenvalue weighted by molar-refractivity contribution is 5.95. The number of ether oxygens (including phenoxy) is 1. The van der Waals surface area contributed by atoms with E-state index in [-0.39, 0.29) is 5.91 Å². The molecule has 0 aliphatic rings. The number of hydrogen-bond donors (Lipinski definition) is 1. The van der Waals surface area contributed by atoms with Crippen molar-refractivity contribution >= 4 is 5.91 Å². The van der Waals surface area contributed by atoms with Gasteiger partial charge in [0.2, 0.25) is 0 Å². The molecule has 0 saturated carbocycles. The molecule has 0 aliphatic carbocycles. The van der Waals surface area contributed by atoms with Crippen molar-refractivity contribution in [2.24, 2.45) is 5.92 Å². The van der Waals surface area contributed by atoms with Crippen LogP contribution in [0.15, 0.2) is 30.5 Å². The highest BCUT2D eigenvalue weighted by Gasteiger charge is 2.15. The third-order valence-electron chi connectivity index (χ3n) is 3.85. The summed E-state index contributed by atoms with van der Waals surface area (Å²) in [6, 6.07) is 7.80. The molecule has 0 aliphatic heterocycles. The molecule has 2 aromatic heterocycles. The number of rotatable bonds is 8. The monoisotopic (exact) mass is 329 g/mol. The van der Waals surface area contributed by atoms with Gasteiger partial charge in [-0.3, -0.25) is 9.78 Å². The largest absolute Gasteiger partial charge is 0.379 e. The predicted molar refractivity (Wildman–Crippen MR) is 95.2 cm³/mol. The number of hydrogen-bond acceptors (Lipinski definition) is 3. The first-order valence-corrected chi connectivity index (χ1v) is 8.41. The van der Waals surface area contributed by atoms with Crippen molar-refractivity contribution in [3.05, 3.63) is 53.1 Å². The summed E-state index contributed by atoms with van der Waals surface area (Å²) in [5, 5.41) is 2.93. The van der Waals surface area contributed by atoms with Crippen molar-refractivity contribution in [3.8, 4) is 0 Å². The molecular weight excluding hydrogens is 302 g/mol. The third-order valence-corrected chi connectivity index (χ3v) is 3.85. The molecule has 0 unspecified atom stereocenters. The first-order valence-electron chi connectivity index (χ1n) is 8.41. The van der Waals surface area contributed by atoms with Crippen LogP contribution in [0.25, 0.3) is 0 Å². The van der Waals surface area contributed by atoms with E-state index in [2.05, 4.69) is 28.7 Å². The van der Waals surface area contributed by atoms with Gasteiger partial charge in [0.1, 0.15) is 0 Å². The minimum absolute atomic E-state index is 0.0523.